The molecule has 1 amide bonds. The number of carbonyl (C=O) groups is 1. The van der Waals surface area contributed by atoms with Crippen LogP contribution < -0.4 is 15.6 Å². The Hall–Kier alpha value is -2.63. The van der Waals surface area contributed by atoms with Gasteiger partial charge in [-0.15, -0.1) is 0 Å². The molecule has 6 nitrogen and oxygen atoms in total. The molecular formula is C17H21N3O3. The van der Waals surface area contributed by atoms with Gasteiger partial charge >= 0.3 is 0 Å². The molecule has 1 heterocycles. The molecule has 1 aromatic carbocycles. The molecule has 0 unspecified atom stereocenters. The van der Waals surface area contributed by atoms with Crippen molar-refractivity contribution in [1.29, 1.82) is 0 Å². The average Bonchev–Trinajstić information content (AvgIpc) is 2.55. The van der Waals surface area contributed by atoms with Crippen molar-refractivity contribution in [2.75, 3.05) is 12.4 Å². The van der Waals surface area contributed by atoms with E-state index in [9.17, 15) is 9.59 Å². The van der Waals surface area contributed by atoms with Gasteiger partial charge in [-0.2, -0.15) is 0 Å². The number of nitrogens with zero attached hydrogens (tertiary/aromatic N) is 2. The zero-order valence-corrected chi connectivity index (χ0v) is 13.4. The van der Waals surface area contributed by atoms with E-state index in [2.05, 4.69) is 17.2 Å². The van der Waals surface area contributed by atoms with Crippen LogP contribution in [0.3, 0.4) is 0 Å². The van der Waals surface area contributed by atoms with E-state index in [0.29, 0.717) is 11.4 Å². The van der Waals surface area contributed by atoms with Crippen LogP contribution in [0, 0.1) is 0 Å². The number of hydrogen-bond acceptors (Lipinski definition) is 4. The molecule has 2 aromatic rings. The molecule has 23 heavy (non-hydrogen) atoms. The molecule has 0 saturated heterocycles. The summed E-state index contributed by atoms with van der Waals surface area (Å²) in [6, 6.07) is 8.61. The van der Waals surface area contributed by atoms with Gasteiger partial charge < -0.3 is 10.1 Å². The van der Waals surface area contributed by atoms with Crippen molar-refractivity contribution in [3.05, 3.63) is 52.7 Å². The largest absolute Gasteiger partial charge is 0.495 e. The number of amides is 1. The summed E-state index contributed by atoms with van der Waals surface area (Å²) in [6.45, 7) is 2.00. The van der Waals surface area contributed by atoms with Crippen molar-refractivity contribution >= 4 is 11.6 Å². The van der Waals surface area contributed by atoms with E-state index in [1.54, 1.807) is 18.2 Å². The second kappa shape index (κ2) is 8.12. The fraction of sp³-hybridized carbons (Fsp3) is 0.353. The predicted octanol–water partition coefficient (Wildman–Crippen LogP) is 2.23. The van der Waals surface area contributed by atoms with Gasteiger partial charge in [0, 0.05) is 11.8 Å². The Morgan fingerprint density at radius 2 is 2.13 bits per heavy atom. The molecule has 1 N–H and O–H groups in total. The number of para-hydroxylation sites is 2. The van der Waals surface area contributed by atoms with Gasteiger partial charge in [0.05, 0.1) is 19.1 Å². The van der Waals surface area contributed by atoms with Crippen molar-refractivity contribution in [2.45, 2.75) is 32.7 Å². The maximum atomic E-state index is 12.1. The Morgan fingerprint density at radius 1 is 1.35 bits per heavy atom. The summed E-state index contributed by atoms with van der Waals surface area (Å²) in [5.74, 6) is 0.265. The van der Waals surface area contributed by atoms with E-state index >= 15 is 0 Å². The van der Waals surface area contributed by atoms with Crippen molar-refractivity contribution in [1.82, 2.24) is 9.55 Å². The van der Waals surface area contributed by atoms with Crippen LogP contribution in [-0.2, 0) is 17.8 Å². The maximum Gasteiger partial charge on any atom is 0.253 e. The van der Waals surface area contributed by atoms with Crippen LogP contribution in [0.15, 0.2) is 41.5 Å². The lowest BCUT2D eigenvalue weighted by Crippen LogP contribution is -2.28. The lowest BCUT2D eigenvalue weighted by molar-refractivity contribution is -0.116. The Kier molecular flexibility index (Phi) is 5.91. The lowest BCUT2D eigenvalue weighted by atomic mass is 10.2. The highest BCUT2D eigenvalue weighted by atomic mass is 16.5. The molecule has 0 bridgehead atoms. The zero-order valence-electron chi connectivity index (χ0n) is 13.4. The first-order valence-corrected chi connectivity index (χ1v) is 7.62. The number of rotatable bonds is 7. The molecular weight excluding hydrogens is 294 g/mol. The standard InChI is InChI=1S/C17H21N3O3/c1-3-4-7-13-10-17(22)20(12-18-13)11-16(21)19-14-8-5-6-9-15(14)23-2/h5-6,8-10,12H,3-4,7,11H2,1-2H3,(H,19,21). The number of benzene rings is 1. The van der Waals surface area contributed by atoms with Gasteiger partial charge in [-0.3, -0.25) is 14.2 Å². The molecule has 6 heteroatoms. The Labute approximate surface area is 135 Å². The minimum Gasteiger partial charge on any atom is -0.495 e. The summed E-state index contributed by atoms with van der Waals surface area (Å²) in [6.07, 6.45) is 4.24. The van der Waals surface area contributed by atoms with E-state index in [0.717, 1.165) is 25.0 Å². The molecule has 1 aromatic heterocycles. The van der Waals surface area contributed by atoms with Crippen molar-refractivity contribution in [3.63, 3.8) is 0 Å². The first-order chi connectivity index (χ1) is 11.1. The maximum absolute atomic E-state index is 12.1. The number of carbonyl (C=O) groups excluding carboxylic acids is 1. The molecule has 0 spiro atoms. The van der Waals surface area contributed by atoms with Crippen molar-refractivity contribution < 1.29 is 9.53 Å². The number of ether oxygens (including phenoxy) is 1. The monoisotopic (exact) mass is 315 g/mol. The minimum absolute atomic E-state index is 0.0854. The quantitative estimate of drug-likeness (QED) is 0.850. The highest BCUT2D eigenvalue weighted by Gasteiger charge is 2.09. The first-order valence-electron chi connectivity index (χ1n) is 7.62. The second-order valence-corrected chi connectivity index (χ2v) is 5.20. The summed E-state index contributed by atoms with van der Waals surface area (Å²) < 4.78 is 6.47. The van der Waals surface area contributed by atoms with Gasteiger partial charge in [0.1, 0.15) is 12.3 Å². The number of aromatic nitrogens is 2. The van der Waals surface area contributed by atoms with Crippen molar-refractivity contribution in [3.8, 4) is 5.75 Å². The third-order valence-corrected chi connectivity index (χ3v) is 3.42. The zero-order chi connectivity index (χ0) is 16.7. The summed E-state index contributed by atoms with van der Waals surface area (Å²) in [5.41, 5.74) is 1.11. The third kappa shape index (κ3) is 4.67. The van der Waals surface area contributed by atoms with Gasteiger partial charge in [-0.05, 0) is 25.0 Å². The number of methoxy groups -OCH3 is 1. The van der Waals surface area contributed by atoms with Crippen LogP contribution in [0.5, 0.6) is 5.75 Å². The summed E-state index contributed by atoms with van der Waals surface area (Å²) in [5, 5.41) is 2.73. The van der Waals surface area contributed by atoms with Crippen molar-refractivity contribution in [2.24, 2.45) is 0 Å². The average molecular weight is 315 g/mol. The summed E-state index contributed by atoms with van der Waals surface area (Å²) in [7, 11) is 1.54. The van der Waals surface area contributed by atoms with Gasteiger partial charge in [0.25, 0.3) is 5.56 Å². The Bertz CT molecular complexity index is 725. The van der Waals surface area contributed by atoms with Gasteiger partial charge in [-0.25, -0.2) is 4.98 Å². The van der Waals surface area contributed by atoms with Crippen LogP contribution in [0.25, 0.3) is 0 Å². The molecule has 0 atom stereocenters. The highest BCUT2D eigenvalue weighted by molar-refractivity contribution is 5.92. The summed E-state index contributed by atoms with van der Waals surface area (Å²) in [4.78, 5) is 28.4. The molecule has 0 aliphatic heterocycles. The van der Waals surface area contributed by atoms with E-state index < -0.39 is 0 Å². The van der Waals surface area contributed by atoms with Crippen LogP contribution in [0.4, 0.5) is 5.69 Å². The van der Waals surface area contributed by atoms with Crippen LogP contribution in [0.1, 0.15) is 25.5 Å². The molecule has 0 saturated carbocycles. The topological polar surface area (TPSA) is 73.2 Å². The lowest BCUT2D eigenvalue weighted by Gasteiger charge is -2.10. The van der Waals surface area contributed by atoms with Crippen LogP contribution in [-0.4, -0.2) is 22.6 Å². The Balaban J connectivity index is 2.04. The molecule has 0 radical (unpaired) electrons. The fourth-order valence-electron chi connectivity index (χ4n) is 2.17. The Morgan fingerprint density at radius 3 is 2.83 bits per heavy atom. The van der Waals surface area contributed by atoms with Gasteiger partial charge in [0.15, 0.2) is 0 Å². The fourth-order valence-corrected chi connectivity index (χ4v) is 2.17. The SMILES string of the molecule is CCCCc1cc(=O)n(CC(=O)Nc2ccccc2OC)cn1. The molecule has 0 aliphatic rings. The van der Waals surface area contributed by atoms with E-state index in [1.807, 2.05) is 6.07 Å². The number of hydrogen-bond donors (Lipinski definition) is 1. The molecule has 0 fully saturated rings. The predicted molar refractivity (Wildman–Crippen MR) is 88.7 cm³/mol. The van der Waals surface area contributed by atoms with Crippen LogP contribution >= 0.6 is 0 Å². The number of unbranched alkanes of at least 4 members (excludes halogenated alkanes) is 1. The number of anilines is 1. The number of aryl methyl sites for hydroxylation is 1. The van der Waals surface area contributed by atoms with Gasteiger partial charge in [0.2, 0.25) is 5.91 Å². The molecule has 0 aliphatic carbocycles. The molecule has 122 valence electrons. The number of nitrogens with one attached hydrogen (secondary N) is 1. The smallest absolute Gasteiger partial charge is 0.253 e. The molecule has 2 rings (SSSR count). The summed E-state index contributed by atoms with van der Waals surface area (Å²) >= 11 is 0. The van der Waals surface area contributed by atoms with E-state index in [-0.39, 0.29) is 18.0 Å². The van der Waals surface area contributed by atoms with Gasteiger partial charge in [-0.1, -0.05) is 25.5 Å². The minimum atomic E-state index is -0.306. The van der Waals surface area contributed by atoms with Crippen LogP contribution in [0.2, 0.25) is 0 Å². The first kappa shape index (κ1) is 16.7. The van der Waals surface area contributed by atoms with E-state index in [1.165, 1.54) is 24.1 Å². The highest BCUT2D eigenvalue weighted by Crippen LogP contribution is 2.22. The third-order valence-electron chi connectivity index (χ3n) is 3.42. The van der Waals surface area contributed by atoms with E-state index in [4.69, 9.17) is 4.74 Å². The second-order valence-electron chi connectivity index (χ2n) is 5.20. The normalized spacial score (nSPS) is 10.3.